The number of ether oxygens (including phenoxy) is 1. The molecule has 0 radical (unpaired) electrons. The molecule has 0 fully saturated rings. The number of carbonyl (C=O) groups is 2. The highest BCUT2D eigenvalue weighted by molar-refractivity contribution is 6.01. The van der Waals surface area contributed by atoms with Crippen LogP contribution in [0.2, 0.25) is 0 Å². The van der Waals surface area contributed by atoms with Gasteiger partial charge in [-0.15, -0.1) is 6.58 Å². The maximum atomic E-state index is 13.1. The van der Waals surface area contributed by atoms with Gasteiger partial charge in [0.05, 0.1) is 35.7 Å². The number of nitrogens with one attached hydrogen (secondary N) is 1. The van der Waals surface area contributed by atoms with Gasteiger partial charge in [0.25, 0.3) is 11.6 Å². The maximum absolute atomic E-state index is 13.1. The molecule has 1 atom stereocenters. The van der Waals surface area contributed by atoms with E-state index in [1.807, 2.05) is 0 Å². The Bertz CT molecular complexity index is 919. The van der Waals surface area contributed by atoms with Crippen LogP contribution in [0.1, 0.15) is 25.3 Å². The van der Waals surface area contributed by atoms with E-state index in [4.69, 9.17) is 9.57 Å². The van der Waals surface area contributed by atoms with Crippen molar-refractivity contribution in [1.82, 2.24) is 10.4 Å². The summed E-state index contributed by atoms with van der Waals surface area (Å²) in [6.45, 7) is 7.03. The highest BCUT2D eigenvalue weighted by Crippen LogP contribution is 2.40. The van der Waals surface area contributed by atoms with Crippen molar-refractivity contribution in [2.45, 2.75) is 19.8 Å². The van der Waals surface area contributed by atoms with E-state index in [0.717, 1.165) is 5.06 Å². The Balaban J connectivity index is 2.66. The second-order valence-electron chi connectivity index (χ2n) is 6.37. The third-order valence-corrected chi connectivity index (χ3v) is 4.48. The number of nitro benzene ring substituents is 1. The molecule has 2 rings (SSSR count). The van der Waals surface area contributed by atoms with Gasteiger partial charge in [0.2, 0.25) is 0 Å². The molecule has 0 bridgehead atoms. The summed E-state index contributed by atoms with van der Waals surface area (Å²) in [7, 11) is 2.68. The van der Waals surface area contributed by atoms with Gasteiger partial charge in [-0.2, -0.15) is 0 Å². The zero-order valence-electron chi connectivity index (χ0n) is 16.7. The zero-order chi connectivity index (χ0) is 21.7. The molecule has 1 aliphatic rings. The topological polar surface area (TPSA) is 111 Å². The van der Waals surface area contributed by atoms with E-state index in [2.05, 4.69) is 11.9 Å². The fourth-order valence-electron chi connectivity index (χ4n) is 3.20. The van der Waals surface area contributed by atoms with Crippen LogP contribution in [0.5, 0.6) is 0 Å². The fourth-order valence-corrected chi connectivity index (χ4v) is 3.20. The molecule has 9 nitrogen and oxygen atoms in total. The molecular formula is C20H23N3O6. The van der Waals surface area contributed by atoms with Crippen molar-refractivity contribution < 1.29 is 24.1 Å². The Labute approximate surface area is 168 Å². The van der Waals surface area contributed by atoms with Gasteiger partial charge < -0.3 is 10.1 Å². The molecule has 1 aromatic carbocycles. The lowest BCUT2D eigenvalue weighted by molar-refractivity contribution is -0.384. The van der Waals surface area contributed by atoms with Crippen LogP contribution in [0.15, 0.2) is 59.5 Å². The minimum atomic E-state index is -0.870. The number of hydrogen-bond donors (Lipinski definition) is 1. The Kier molecular flexibility index (Phi) is 6.89. The molecule has 0 saturated carbocycles. The largest absolute Gasteiger partial charge is 0.466 e. The Morgan fingerprint density at radius 3 is 2.55 bits per heavy atom. The average molecular weight is 401 g/mol. The second kappa shape index (κ2) is 9.16. The number of allylic oxidation sites excluding steroid dienone is 2. The summed E-state index contributed by atoms with van der Waals surface area (Å²) in [5.41, 5.74) is 1.69. The van der Waals surface area contributed by atoms with Crippen molar-refractivity contribution in [2.24, 2.45) is 0 Å². The van der Waals surface area contributed by atoms with Gasteiger partial charge in [-0.1, -0.05) is 18.2 Å². The van der Waals surface area contributed by atoms with Crippen LogP contribution in [0.3, 0.4) is 0 Å². The molecule has 9 heteroatoms. The first-order valence-electron chi connectivity index (χ1n) is 8.76. The number of nitro groups is 1. The summed E-state index contributed by atoms with van der Waals surface area (Å²) in [5.74, 6) is -2.01. The van der Waals surface area contributed by atoms with Crippen molar-refractivity contribution in [1.29, 1.82) is 0 Å². The molecule has 0 spiro atoms. The average Bonchev–Trinajstić information content (AvgIpc) is 2.70. The van der Waals surface area contributed by atoms with Crippen LogP contribution >= 0.6 is 0 Å². The van der Waals surface area contributed by atoms with E-state index in [0.29, 0.717) is 17.0 Å². The number of rotatable bonds is 7. The molecule has 1 amide bonds. The van der Waals surface area contributed by atoms with Crippen LogP contribution in [0.4, 0.5) is 5.69 Å². The van der Waals surface area contributed by atoms with Gasteiger partial charge >= 0.3 is 5.97 Å². The lowest BCUT2D eigenvalue weighted by atomic mass is 9.80. The number of carbonyl (C=O) groups excluding carboxylic acids is 2. The van der Waals surface area contributed by atoms with Crippen molar-refractivity contribution in [3.8, 4) is 0 Å². The first kappa shape index (κ1) is 21.8. The molecule has 29 heavy (non-hydrogen) atoms. The predicted octanol–water partition coefficient (Wildman–Crippen LogP) is 2.58. The standard InChI is InChI=1S/C20H23N3O6/c1-6-10-29-22(4)19(24)16-12(2)21-13(3)17(20(25)28-5)18(16)14-8-7-9-15(11-14)23(26)27/h6-9,11,18,21H,1,10H2,2-5H3. The van der Waals surface area contributed by atoms with E-state index < -0.39 is 22.7 Å². The SMILES string of the molecule is C=CCON(C)C(=O)C1=C(C)NC(C)=C(C(=O)OC)C1c1cccc([N+](=O)[O-])c1. The van der Waals surface area contributed by atoms with E-state index >= 15 is 0 Å². The van der Waals surface area contributed by atoms with E-state index in [-0.39, 0.29) is 23.4 Å². The number of esters is 1. The summed E-state index contributed by atoms with van der Waals surface area (Å²) >= 11 is 0. The number of hydroxylamine groups is 2. The first-order chi connectivity index (χ1) is 13.7. The third kappa shape index (κ3) is 4.52. The zero-order valence-corrected chi connectivity index (χ0v) is 16.7. The molecule has 0 aromatic heterocycles. The number of non-ortho nitro benzene ring substituents is 1. The molecule has 0 saturated heterocycles. The molecule has 154 valence electrons. The normalized spacial score (nSPS) is 16.2. The van der Waals surface area contributed by atoms with E-state index in [1.54, 1.807) is 19.9 Å². The molecule has 1 aromatic rings. The Morgan fingerprint density at radius 1 is 1.31 bits per heavy atom. The summed E-state index contributed by atoms with van der Waals surface area (Å²) in [6, 6.07) is 5.83. The summed E-state index contributed by atoms with van der Waals surface area (Å²) < 4.78 is 4.92. The van der Waals surface area contributed by atoms with Crippen LogP contribution in [0, 0.1) is 10.1 Å². The van der Waals surface area contributed by atoms with Crippen LogP contribution in [0.25, 0.3) is 0 Å². The summed E-state index contributed by atoms with van der Waals surface area (Å²) in [4.78, 5) is 41.7. The molecule has 1 unspecified atom stereocenters. The number of likely N-dealkylation sites (N-methyl/N-ethyl adjacent to an activating group) is 1. The van der Waals surface area contributed by atoms with Gasteiger partial charge in [-0.05, 0) is 19.4 Å². The minimum absolute atomic E-state index is 0.113. The minimum Gasteiger partial charge on any atom is -0.466 e. The third-order valence-electron chi connectivity index (χ3n) is 4.48. The van der Waals surface area contributed by atoms with Crippen molar-refractivity contribution in [3.63, 3.8) is 0 Å². The van der Waals surface area contributed by atoms with Gasteiger partial charge in [-0.3, -0.25) is 19.7 Å². The second-order valence-corrected chi connectivity index (χ2v) is 6.37. The monoisotopic (exact) mass is 401 g/mol. The van der Waals surface area contributed by atoms with Gasteiger partial charge in [0.15, 0.2) is 0 Å². The van der Waals surface area contributed by atoms with E-state index in [1.165, 1.54) is 38.4 Å². The number of methoxy groups -OCH3 is 1. The summed E-state index contributed by atoms with van der Waals surface area (Å²) in [5, 5.41) is 15.3. The number of benzene rings is 1. The number of amides is 1. The predicted molar refractivity (Wildman–Crippen MR) is 105 cm³/mol. The van der Waals surface area contributed by atoms with E-state index in [9.17, 15) is 19.7 Å². The quantitative estimate of drug-likeness (QED) is 0.323. The number of hydrogen-bond acceptors (Lipinski definition) is 7. The van der Waals surface area contributed by atoms with Crippen molar-refractivity contribution >= 4 is 17.6 Å². The fraction of sp³-hybridized carbons (Fsp3) is 0.300. The lowest BCUT2D eigenvalue weighted by Crippen LogP contribution is -2.37. The molecule has 1 N–H and O–H groups in total. The highest BCUT2D eigenvalue weighted by atomic mass is 16.7. The van der Waals surface area contributed by atoms with Crippen LogP contribution in [-0.2, 0) is 19.2 Å². The van der Waals surface area contributed by atoms with Crippen LogP contribution < -0.4 is 5.32 Å². The highest BCUT2D eigenvalue weighted by Gasteiger charge is 2.38. The molecule has 0 aliphatic carbocycles. The molecular weight excluding hydrogens is 378 g/mol. The number of nitrogens with zero attached hydrogens (tertiary/aromatic N) is 2. The number of dihydropyridines is 1. The van der Waals surface area contributed by atoms with Crippen molar-refractivity contribution in [2.75, 3.05) is 20.8 Å². The van der Waals surface area contributed by atoms with Crippen molar-refractivity contribution in [3.05, 3.63) is 75.1 Å². The Morgan fingerprint density at radius 2 is 1.97 bits per heavy atom. The summed E-state index contributed by atoms with van der Waals surface area (Å²) in [6.07, 6.45) is 1.49. The van der Waals surface area contributed by atoms with Gasteiger partial charge in [0.1, 0.15) is 0 Å². The van der Waals surface area contributed by atoms with Gasteiger partial charge in [0, 0.05) is 30.6 Å². The smallest absolute Gasteiger partial charge is 0.336 e. The first-order valence-corrected chi connectivity index (χ1v) is 8.76. The maximum Gasteiger partial charge on any atom is 0.336 e. The van der Waals surface area contributed by atoms with Gasteiger partial charge in [-0.25, -0.2) is 9.86 Å². The Hall–Kier alpha value is -3.46. The molecule has 1 heterocycles. The lowest BCUT2D eigenvalue weighted by Gasteiger charge is -2.32. The van der Waals surface area contributed by atoms with Crippen LogP contribution in [-0.4, -0.2) is 42.6 Å². The molecule has 1 aliphatic heterocycles.